The van der Waals surface area contributed by atoms with Gasteiger partial charge in [0, 0.05) is 24.6 Å². The Balaban J connectivity index is 1.73. The Labute approximate surface area is 165 Å². The molecule has 150 valence electrons. The number of rotatable bonds is 7. The molecule has 0 fully saturated rings. The van der Waals surface area contributed by atoms with E-state index < -0.39 is 23.7 Å². The average Bonchev–Trinajstić information content (AvgIpc) is 2.96. The van der Waals surface area contributed by atoms with Gasteiger partial charge in [-0.05, 0) is 18.2 Å². The van der Waals surface area contributed by atoms with Gasteiger partial charge in [0.25, 0.3) is 11.8 Å². The van der Waals surface area contributed by atoms with Crippen molar-refractivity contribution in [3.63, 3.8) is 0 Å². The Hall–Kier alpha value is -3.88. The van der Waals surface area contributed by atoms with Crippen LogP contribution in [0.25, 0.3) is 0 Å². The second-order valence-electron chi connectivity index (χ2n) is 6.15. The van der Waals surface area contributed by atoms with E-state index in [0.29, 0.717) is 0 Å². The van der Waals surface area contributed by atoms with Crippen LogP contribution >= 0.6 is 0 Å². The molecule has 0 aliphatic carbocycles. The third-order valence-corrected chi connectivity index (χ3v) is 4.46. The molecule has 9 nitrogen and oxygen atoms in total. The van der Waals surface area contributed by atoms with Gasteiger partial charge in [0.2, 0.25) is 5.91 Å². The fourth-order valence-corrected chi connectivity index (χ4v) is 3.02. The van der Waals surface area contributed by atoms with Crippen LogP contribution in [-0.4, -0.2) is 49.4 Å². The maximum absolute atomic E-state index is 12.3. The summed E-state index contributed by atoms with van der Waals surface area (Å²) in [5, 5.41) is 13.8. The molecule has 1 aliphatic rings. The van der Waals surface area contributed by atoms with Crippen molar-refractivity contribution in [2.75, 3.05) is 26.1 Å². The zero-order valence-electron chi connectivity index (χ0n) is 15.7. The van der Waals surface area contributed by atoms with E-state index in [0.717, 1.165) is 4.90 Å². The largest absolute Gasteiger partial charge is 0.545 e. The highest BCUT2D eigenvalue weighted by Gasteiger charge is 2.35. The standard InChI is InChI=1S/C20H18N2O7/c1-28-15-9-13(20(26)27)14(10-16(15)29-2)21-17(23)7-8-22-18(24)11-5-3-4-6-12(11)19(22)25/h3-6,9-10H,7-8H2,1-2H3,(H,21,23)(H,26,27)/p-1. The molecule has 0 spiro atoms. The lowest BCUT2D eigenvalue weighted by molar-refractivity contribution is -0.254. The monoisotopic (exact) mass is 397 g/mol. The van der Waals surface area contributed by atoms with Crippen molar-refractivity contribution in [2.24, 2.45) is 0 Å². The Kier molecular flexibility index (Phi) is 5.49. The third kappa shape index (κ3) is 3.75. The van der Waals surface area contributed by atoms with Gasteiger partial charge in [0.15, 0.2) is 11.5 Å². The van der Waals surface area contributed by atoms with Gasteiger partial charge in [-0.3, -0.25) is 19.3 Å². The number of nitrogens with one attached hydrogen (secondary N) is 1. The number of aromatic carboxylic acids is 1. The Morgan fingerprint density at radius 3 is 2.07 bits per heavy atom. The molecule has 3 rings (SSSR count). The number of nitrogens with zero attached hydrogens (tertiary/aromatic N) is 1. The Morgan fingerprint density at radius 1 is 1.00 bits per heavy atom. The minimum absolute atomic E-state index is 0.0463. The lowest BCUT2D eigenvalue weighted by atomic mass is 10.1. The van der Waals surface area contributed by atoms with Crippen LogP contribution in [0.5, 0.6) is 11.5 Å². The normalized spacial score (nSPS) is 12.6. The van der Waals surface area contributed by atoms with Crippen molar-refractivity contribution < 1.29 is 33.8 Å². The molecule has 0 unspecified atom stereocenters. The molecule has 0 radical (unpaired) electrons. The number of imide groups is 1. The molecule has 2 aromatic rings. The maximum Gasteiger partial charge on any atom is 0.261 e. The van der Waals surface area contributed by atoms with E-state index >= 15 is 0 Å². The van der Waals surface area contributed by atoms with Crippen LogP contribution in [0.2, 0.25) is 0 Å². The number of benzene rings is 2. The number of carbonyl (C=O) groups excluding carboxylic acids is 4. The Morgan fingerprint density at radius 2 is 1.55 bits per heavy atom. The number of fused-ring (bicyclic) bond motifs is 1. The van der Waals surface area contributed by atoms with Crippen LogP contribution in [0.3, 0.4) is 0 Å². The van der Waals surface area contributed by atoms with Crippen molar-refractivity contribution in [2.45, 2.75) is 6.42 Å². The van der Waals surface area contributed by atoms with Gasteiger partial charge in [0.1, 0.15) is 0 Å². The number of carboxylic acids is 1. The van der Waals surface area contributed by atoms with E-state index in [1.165, 1.54) is 26.4 Å². The fraction of sp³-hybridized carbons (Fsp3) is 0.200. The van der Waals surface area contributed by atoms with Crippen LogP contribution in [0.1, 0.15) is 37.5 Å². The van der Waals surface area contributed by atoms with E-state index in [1.54, 1.807) is 24.3 Å². The molecular weight excluding hydrogens is 380 g/mol. The summed E-state index contributed by atoms with van der Waals surface area (Å²) in [4.78, 5) is 49.4. The lowest BCUT2D eigenvalue weighted by Gasteiger charge is -2.17. The second-order valence-corrected chi connectivity index (χ2v) is 6.15. The number of carbonyl (C=O) groups is 4. The summed E-state index contributed by atoms with van der Waals surface area (Å²) in [6.07, 6.45) is -0.216. The van der Waals surface area contributed by atoms with Crippen LogP contribution < -0.4 is 19.9 Å². The van der Waals surface area contributed by atoms with Crippen LogP contribution in [0.15, 0.2) is 36.4 Å². The summed E-state index contributed by atoms with van der Waals surface area (Å²) in [7, 11) is 2.71. The number of ether oxygens (including phenoxy) is 2. The first-order valence-corrected chi connectivity index (χ1v) is 8.59. The number of carboxylic acid groups (broad SMARTS) is 1. The number of hydrogen-bond donors (Lipinski definition) is 1. The smallest absolute Gasteiger partial charge is 0.261 e. The molecule has 1 heterocycles. The number of amides is 3. The highest BCUT2D eigenvalue weighted by molar-refractivity contribution is 6.21. The summed E-state index contributed by atoms with van der Waals surface area (Å²) in [5.41, 5.74) is 0.237. The molecule has 9 heteroatoms. The van der Waals surface area contributed by atoms with Gasteiger partial charge in [-0.15, -0.1) is 0 Å². The second kappa shape index (κ2) is 8.01. The third-order valence-electron chi connectivity index (χ3n) is 4.46. The fourth-order valence-electron chi connectivity index (χ4n) is 3.02. The van der Waals surface area contributed by atoms with Crippen molar-refractivity contribution in [1.82, 2.24) is 4.90 Å². The predicted molar refractivity (Wildman–Crippen MR) is 98.9 cm³/mol. The number of anilines is 1. The number of methoxy groups -OCH3 is 2. The first-order valence-electron chi connectivity index (χ1n) is 8.59. The summed E-state index contributed by atoms with van der Waals surface area (Å²) in [6.45, 7) is -0.147. The quantitative estimate of drug-likeness (QED) is 0.682. The molecule has 29 heavy (non-hydrogen) atoms. The molecule has 0 saturated heterocycles. The zero-order valence-corrected chi connectivity index (χ0v) is 15.7. The topological polar surface area (TPSA) is 125 Å². The first-order chi connectivity index (χ1) is 13.9. The molecule has 0 saturated carbocycles. The van der Waals surface area contributed by atoms with Crippen molar-refractivity contribution >= 4 is 29.4 Å². The van der Waals surface area contributed by atoms with Crippen molar-refractivity contribution in [3.8, 4) is 11.5 Å². The van der Waals surface area contributed by atoms with Gasteiger partial charge >= 0.3 is 0 Å². The van der Waals surface area contributed by atoms with Crippen molar-refractivity contribution in [3.05, 3.63) is 53.1 Å². The molecule has 1 N–H and O–H groups in total. The predicted octanol–water partition coefficient (Wildman–Crippen LogP) is 0.692. The minimum Gasteiger partial charge on any atom is -0.545 e. The van der Waals surface area contributed by atoms with Crippen LogP contribution in [0, 0.1) is 0 Å². The average molecular weight is 397 g/mol. The van der Waals surface area contributed by atoms with Gasteiger partial charge < -0.3 is 24.7 Å². The maximum atomic E-state index is 12.3. The molecular formula is C20H17N2O7-. The van der Waals surface area contributed by atoms with E-state index in [4.69, 9.17) is 9.47 Å². The van der Waals surface area contributed by atoms with E-state index in [2.05, 4.69) is 5.32 Å². The van der Waals surface area contributed by atoms with E-state index in [-0.39, 0.29) is 46.8 Å². The first kappa shape index (κ1) is 19.9. The SMILES string of the molecule is COc1cc(NC(=O)CCN2C(=O)c3ccccc3C2=O)c(C(=O)[O-])cc1OC. The van der Waals surface area contributed by atoms with Crippen LogP contribution in [0.4, 0.5) is 5.69 Å². The van der Waals surface area contributed by atoms with E-state index in [9.17, 15) is 24.3 Å². The molecule has 2 aromatic carbocycles. The molecule has 0 bridgehead atoms. The summed E-state index contributed by atoms with van der Waals surface area (Å²) >= 11 is 0. The van der Waals surface area contributed by atoms with Crippen LogP contribution in [-0.2, 0) is 4.79 Å². The molecule has 3 amide bonds. The Bertz CT molecular complexity index is 981. The summed E-state index contributed by atoms with van der Waals surface area (Å²) < 4.78 is 10.2. The number of hydrogen-bond acceptors (Lipinski definition) is 7. The van der Waals surface area contributed by atoms with Gasteiger partial charge in [-0.2, -0.15) is 0 Å². The summed E-state index contributed by atoms with van der Waals surface area (Å²) in [6, 6.07) is 8.87. The molecule has 0 atom stereocenters. The zero-order chi connectivity index (χ0) is 21.1. The molecule has 1 aliphatic heterocycles. The van der Waals surface area contributed by atoms with Crippen molar-refractivity contribution in [1.29, 1.82) is 0 Å². The highest BCUT2D eigenvalue weighted by atomic mass is 16.5. The summed E-state index contributed by atoms with van der Waals surface area (Å²) in [5.74, 6) is -2.67. The minimum atomic E-state index is -1.51. The highest BCUT2D eigenvalue weighted by Crippen LogP contribution is 2.33. The van der Waals surface area contributed by atoms with Gasteiger partial charge in [0.05, 0.1) is 37.0 Å². The lowest BCUT2D eigenvalue weighted by Crippen LogP contribution is -2.33. The molecule has 0 aromatic heterocycles. The van der Waals surface area contributed by atoms with Gasteiger partial charge in [-0.25, -0.2) is 0 Å². The van der Waals surface area contributed by atoms with E-state index in [1.807, 2.05) is 0 Å². The van der Waals surface area contributed by atoms with Gasteiger partial charge in [-0.1, -0.05) is 12.1 Å².